The molecule has 0 amide bonds. The second-order valence-corrected chi connectivity index (χ2v) is 3.70. The molecule has 1 aromatic heterocycles. The topological polar surface area (TPSA) is 39.2 Å². The molecule has 0 aliphatic rings. The summed E-state index contributed by atoms with van der Waals surface area (Å²) in [5, 5.41) is 0.706. The Hall–Kier alpha value is -1.34. The molecule has 0 saturated carbocycles. The number of aryl methyl sites for hydroxylation is 1. The van der Waals surface area contributed by atoms with Crippen LogP contribution in [-0.2, 0) is 16.0 Å². The van der Waals surface area contributed by atoms with Gasteiger partial charge in [-0.15, -0.1) is 17.8 Å². The Morgan fingerprint density at radius 2 is 2.46 bits per heavy atom. The van der Waals surface area contributed by atoms with Crippen molar-refractivity contribution in [3.8, 4) is 12.3 Å². The van der Waals surface area contributed by atoms with Gasteiger partial charge in [0.2, 0.25) is 0 Å². The molecular weight excluding hydrogens is 186 g/mol. The van der Waals surface area contributed by atoms with E-state index in [9.17, 15) is 4.79 Å². The fourth-order valence-corrected chi connectivity index (χ4v) is 1.74. The van der Waals surface area contributed by atoms with Crippen LogP contribution in [0, 0.1) is 19.3 Å². The molecule has 0 N–H and O–H groups in total. The van der Waals surface area contributed by atoms with E-state index in [-0.39, 0.29) is 12.4 Å². The van der Waals surface area contributed by atoms with Crippen molar-refractivity contribution in [2.45, 2.75) is 13.3 Å². The van der Waals surface area contributed by atoms with E-state index in [2.05, 4.69) is 15.6 Å². The minimum absolute atomic E-state index is 0.198. The van der Waals surface area contributed by atoms with Crippen molar-refractivity contribution in [2.24, 2.45) is 0 Å². The Labute approximate surface area is 80.8 Å². The van der Waals surface area contributed by atoms with E-state index in [1.807, 2.05) is 6.92 Å². The van der Waals surface area contributed by atoms with E-state index in [1.165, 1.54) is 18.4 Å². The lowest BCUT2D eigenvalue weighted by molar-refractivity contribution is -0.139. The maximum atomic E-state index is 10.9. The number of hydrogen-bond acceptors (Lipinski definition) is 4. The lowest BCUT2D eigenvalue weighted by Crippen LogP contribution is -2.03. The minimum Gasteiger partial charge on any atom is -0.469 e. The fraction of sp³-hybridized carbons (Fsp3) is 0.333. The number of hydrogen-bond donors (Lipinski definition) is 0. The standard InChI is InChI=1S/C9H9NO2S/c1-4-7-6(2)13-8(10-7)5-9(11)12-3/h1H,5H2,2-3H3. The number of esters is 1. The van der Waals surface area contributed by atoms with Crippen molar-refractivity contribution in [1.82, 2.24) is 4.98 Å². The van der Waals surface area contributed by atoms with Gasteiger partial charge >= 0.3 is 5.97 Å². The highest BCUT2D eigenvalue weighted by Crippen LogP contribution is 2.17. The van der Waals surface area contributed by atoms with Crippen molar-refractivity contribution in [3.63, 3.8) is 0 Å². The molecule has 1 aromatic rings. The van der Waals surface area contributed by atoms with Crippen molar-refractivity contribution < 1.29 is 9.53 Å². The number of carbonyl (C=O) groups excluding carboxylic acids is 1. The first kappa shape index (κ1) is 9.75. The normalized spacial score (nSPS) is 9.31. The van der Waals surface area contributed by atoms with Crippen LogP contribution >= 0.6 is 11.3 Å². The maximum absolute atomic E-state index is 10.9. The molecule has 0 aliphatic heterocycles. The van der Waals surface area contributed by atoms with Gasteiger partial charge < -0.3 is 4.74 Å². The Morgan fingerprint density at radius 1 is 1.77 bits per heavy atom. The molecule has 0 spiro atoms. The third-order valence-corrected chi connectivity index (χ3v) is 2.47. The van der Waals surface area contributed by atoms with Crippen LogP contribution in [0.2, 0.25) is 0 Å². The van der Waals surface area contributed by atoms with Crippen molar-refractivity contribution in [2.75, 3.05) is 7.11 Å². The Kier molecular flexibility index (Phi) is 3.04. The zero-order chi connectivity index (χ0) is 9.84. The van der Waals surface area contributed by atoms with E-state index in [4.69, 9.17) is 6.42 Å². The molecule has 3 nitrogen and oxygen atoms in total. The molecular formula is C9H9NO2S. The third-order valence-electron chi connectivity index (χ3n) is 1.50. The number of nitrogens with zero attached hydrogens (tertiary/aromatic N) is 1. The average molecular weight is 195 g/mol. The number of terminal acetylenes is 1. The zero-order valence-corrected chi connectivity index (χ0v) is 8.27. The van der Waals surface area contributed by atoms with Gasteiger partial charge in [0, 0.05) is 4.88 Å². The molecule has 0 atom stereocenters. The summed E-state index contributed by atoms with van der Waals surface area (Å²) in [5.41, 5.74) is 0.615. The quantitative estimate of drug-likeness (QED) is 0.525. The van der Waals surface area contributed by atoms with Crippen LogP contribution in [0.4, 0.5) is 0 Å². The first-order chi connectivity index (χ1) is 6.17. The summed E-state index contributed by atoms with van der Waals surface area (Å²) in [5.74, 6) is 2.16. The molecule has 0 bridgehead atoms. The Bertz CT molecular complexity index is 362. The molecule has 68 valence electrons. The van der Waals surface area contributed by atoms with E-state index in [0.29, 0.717) is 10.7 Å². The van der Waals surface area contributed by atoms with Crippen molar-refractivity contribution in [1.29, 1.82) is 0 Å². The number of rotatable bonds is 2. The predicted molar refractivity (Wildman–Crippen MR) is 50.5 cm³/mol. The first-order valence-electron chi connectivity index (χ1n) is 3.67. The van der Waals surface area contributed by atoms with Gasteiger partial charge in [0.25, 0.3) is 0 Å². The molecule has 1 rings (SSSR count). The van der Waals surface area contributed by atoms with Crippen molar-refractivity contribution in [3.05, 3.63) is 15.6 Å². The van der Waals surface area contributed by atoms with Gasteiger partial charge in [-0.3, -0.25) is 4.79 Å². The van der Waals surface area contributed by atoms with Gasteiger partial charge in [0.05, 0.1) is 13.5 Å². The number of ether oxygens (including phenoxy) is 1. The van der Waals surface area contributed by atoms with Gasteiger partial charge in [-0.2, -0.15) is 0 Å². The van der Waals surface area contributed by atoms with E-state index >= 15 is 0 Å². The maximum Gasteiger partial charge on any atom is 0.312 e. The van der Waals surface area contributed by atoms with Gasteiger partial charge in [-0.05, 0) is 12.8 Å². The summed E-state index contributed by atoms with van der Waals surface area (Å²) in [6, 6.07) is 0. The van der Waals surface area contributed by atoms with Crippen LogP contribution in [-0.4, -0.2) is 18.1 Å². The second kappa shape index (κ2) is 4.06. The van der Waals surface area contributed by atoms with Gasteiger partial charge in [-0.25, -0.2) is 4.98 Å². The summed E-state index contributed by atoms with van der Waals surface area (Å²) >= 11 is 1.43. The fourth-order valence-electron chi connectivity index (χ4n) is 0.856. The zero-order valence-electron chi connectivity index (χ0n) is 7.46. The summed E-state index contributed by atoms with van der Waals surface area (Å²) < 4.78 is 4.51. The highest BCUT2D eigenvalue weighted by molar-refractivity contribution is 7.11. The molecule has 0 aromatic carbocycles. The third kappa shape index (κ3) is 2.30. The first-order valence-corrected chi connectivity index (χ1v) is 4.48. The SMILES string of the molecule is C#Cc1nc(CC(=O)OC)sc1C. The average Bonchev–Trinajstić information content (AvgIpc) is 2.46. The smallest absolute Gasteiger partial charge is 0.312 e. The van der Waals surface area contributed by atoms with E-state index in [1.54, 1.807) is 0 Å². The van der Waals surface area contributed by atoms with Gasteiger partial charge in [-0.1, -0.05) is 0 Å². The van der Waals surface area contributed by atoms with Crippen LogP contribution in [0.3, 0.4) is 0 Å². The molecule has 1 heterocycles. The number of methoxy groups -OCH3 is 1. The molecule has 0 fully saturated rings. The minimum atomic E-state index is -0.294. The lowest BCUT2D eigenvalue weighted by atomic mass is 10.4. The van der Waals surface area contributed by atoms with Gasteiger partial charge in [0.15, 0.2) is 0 Å². The number of thiazole rings is 1. The van der Waals surface area contributed by atoms with E-state index < -0.39 is 0 Å². The second-order valence-electron chi connectivity index (χ2n) is 2.41. The van der Waals surface area contributed by atoms with E-state index in [0.717, 1.165) is 4.88 Å². The van der Waals surface area contributed by atoms with Crippen LogP contribution in [0.1, 0.15) is 15.6 Å². The number of carbonyl (C=O) groups is 1. The molecule has 4 heteroatoms. The molecule has 0 radical (unpaired) electrons. The predicted octanol–water partition coefficient (Wildman–Crippen LogP) is 1.15. The summed E-state index contributed by atoms with van der Waals surface area (Å²) in [4.78, 5) is 15.9. The molecule has 13 heavy (non-hydrogen) atoms. The Balaban J connectivity index is 2.81. The number of aromatic nitrogens is 1. The monoisotopic (exact) mass is 195 g/mol. The van der Waals surface area contributed by atoms with Gasteiger partial charge in [0.1, 0.15) is 10.7 Å². The summed E-state index contributed by atoms with van der Waals surface area (Å²) in [6.45, 7) is 1.88. The highest BCUT2D eigenvalue weighted by Gasteiger charge is 2.09. The largest absolute Gasteiger partial charge is 0.469 e. The highest BCUT2D eigenvalue weighted by atomic mass is 32.1. The molecule has 0 aliphatic carbocycles. The lowest BCUT2D eigenvalue weighted by Gasteiger charge is -1.92. The Morgan fingerprint density at radius 3 is 2.92 bits per heavy atom. The van der Waals surface area contributed by atoms with Crippen LogP contribution < -0.4 is 0 Å². The molecule has 0 saturated heterocycles. The van der Waals surface area contributed by atoms with Crippen molar-refractivity contribution >= 4 is 17.3 Å². The van der Waals surface area contributed by atoms with Crippen LogP contribution in [0.15, 0.2) is 0 Å². The van der Waals surface area contributed by atoms with Crippen LogP contribution in [0.5, 0.6) is 0 Å². The molecule has 0 unspecified atom stereocenters. The summed E-state index contributed by atoms with van der Waals surface area (Å²) in [6.07, 6.45) is 5.40. The summed E-state index contributed by atoms with van der Waals surface area (Å²) in [7, 11) is 1.35. The van der Waals surface area contributed by atoms with Crippen LogP contribution in [0.25, 0.3) is 0 Å².